The molecule has 0 aromatic heterocycles. The van der Waals surface area contributed by atoms with Gasteiger partial charge in [0.1, 0.15) is 5.75 Å². The van der Waals surface area contributed by atoms with Crippen LogP contribution in [0.5, 0.6) is 5.75 Å². The second-order valence-corrected chi connectivity index (χ2v) is 3.05. The van der Waals surface area contributed by atoms with Gasteiger partial charge in [0.05, 0.1) is 19.8 Å². The van der Waals surface area contributed by atoms with Gasteiger partial charge in [0.25, 0.3) is 0 Å². The van der Waals surface area contributed by atoms with Crippen LogP contribution < -0.4 is 4.74 Å². The van der Waals surface area contributed by atoms with Crippen molar-refractivity contribution in [1.29, 1.82) is 0 Å². The Morgan fingerprint density at radius 2 is 2.07 bits per heavy atom. The third-order valence-corrected chi connectivity index (χ3v) is 1.83. The van der Waals surface area contributed by atoms with Crippen LogP contribution in [-0.2, 0) is 4.74 Å². The van der Waals surface area contributed by atoms with Crippen LogP contribution in [0, 0.1) is 12.0 Å². The molecule has 3 heteroatoms. The van der Waals surface area contributed by atoms with E-state index in [4.69, 9.17) is 14.6 Å². The highest BCUT2D eigenvalue weighted by atomic mass is 16.5. The number of aliphatic hydroxyl groups excluding tert-OH is 1. The molecule has 1 unspecified atom stereocenters. The fourth-order valence-corrected chi connectivity index (χ4v) is 1.07. The average molecular weight is 195 g/mol. The zero-order valence-electron chi connectivity index (χ0n) is 8.27. The van der Waals surface area contributed by atoms with E-state index in [1.165, 1.54) is 0 Å². The van der Waals surface area contributed by atoms with Gasteiger partial charge in [-0.25, -0.2) is 0 Å². The van der Waals surface area contributed by atoms with Crippen LogP contribution in [0.15, 0.2) is 24.3 Å². The molecule has 0 heterocycles. The summed E-state index contributed by atoms with van der Waals surface area (Å²) in [4.78, 5) is 0. The van der Waals surface area contributed by atoms with Gasteiger partial charge in [-0.05, 0) is 18.2 Å². The summed E-state index contributed by atoms with van der Waals surface area (Å²) < 4.78 is 10.4. The molecule has 3 nitrogen and oxygen atoms in total. The number of rotatable bonds is 6. The molecule has 1 atom stereocenters. The van der Waals surface area contributed by atoms with Crippen molar-refractivity contribution < 1.29 is 14.6 Å². The molecule has 0 fully saturated rings. The Balaban J connectivity index is 2.32. The van der Waals surface area contributed by atoms with Gasteiger partial charge in [0, 0.05) is 13.0 Å². The highest BCUT2D eigenvalue weighted by Gasteiger charge is 2.07. The first-order valence-electron chi connectivity index (χ1n) is 4.55. The number of benzene rings is 1. The highest BCUT2D eigenvalue weighted by Crippen LogP contribution is 2.09. The molecule has 0 aliphatic rings. The zero-order chi connectivity index (χ0) is 10.2. The standard InChI is InChI=1S/C11H15O3/c1-13-8-10(7-12)9-14-11-5-3-2-4-6-11/h3-6,10,12H,7-9H2,1H3. The summed E-state index contributed by atoms with van der Waals surface area (Å²) >= 11 is 0. The number of hydrogen-bond donors (Lipinski definition) is 1. The maximum Gasteiger partial charge on any atom is 0.119 e. The van der Waals surface area contributed by atoms with Gasteiger partial charge >= 0.3 is 0 Å². The van der Waals surface area contributed by atoms with Crippen LogP contribution in [0.3, 0.4) is 0 Å². The van der Waals surface area contributed by atoms with Gasteiger partial charge in [-0.1, -0.05) is 12.1 Å². The third kappa shape index (κ3) is 3.77. The summed E-state index contributed by atoms with van der Waals surface area (Å²) in [6.45, 7) is 1.05. The molecule has 0 saturated carbocycles. The molecule has 1 rings (SSSR count). The summed E-state index contributed by atoms with van der Waals surface area (Å²) in [7, 11) is 1.61. The van der Waals surface area contributed by atoms with Crippen molar-refractivity contribution in [2.75, 3.05) is 26.9 Å². The van der Waals surface area contributed by atoms with Crippen molar-refractivity contribution in [2.45, 2.75) is 0 Å². The van der Waals surface area contributed by atoms with Gasteiger partial charge in [-0.2, -0.15) is 0 Å². The Kier molecular flexibility index (Phi) is 5.04. The van der Waals surface area contributed by atoms with Crippen LogP contribution in [-0.4, -0.2) is 32.0 Å². The second kappa shape index (κ2) is 6.40. The summed E-state index contributed by atoms with van der Waals surface area (Å²) in [5.74, 6) is 0.822. The Bertz CT molecular complexity index is 236. The molecule has 1 aromatic rings. The van der Waals surface area contributed by atoms with Crippen molar-refractivity contribution in [3.05, 3.63) is 30.3 Å². The van der Waals surface area contributed by atoms with Crippen molar-refractivity contribution >= 4 is 0 Å². The zero-order valence-corrected chi connectivity index (χ0v) is 8.27. The predicted molar refractivity (Wildman–Crippen MR) is 53.2 cm³/mol. The smallest absolute Gasteiger partial charge is 0.119 e. The van der Waals surface area contributed by atoms with Gasteiger partial charge < -0.3 is 14.6 Å². The highest BCUT2D eigenvalue weighted by molar-refractivity contribution is 5.20. The Morgan fingerprint density at radius 1 is 1.36 bits per heavy atom. The van der Waals surface area contributed by atoms with E-state index in [9.17, 15) is 0 Å². The van der Waals surface area contributed by atoms with Crippen LogP contribution in [0.2, 0.25) is 0 Å². The molecular weight excluding hydrogens is 180 g/mol. The third-order valence-electron chi connectivity index (χ3n) is 1.83. The molecule has 0 amide bonds. The molecule has 14 heavy (non-hydrogen) atoms. The van der Waals surface area contributed by atoms with Gasteiger partial charge in [-0.15, -0.1) is 0 Å². The van der Waals surface area contributed by atoms with E-state index in [0.29, 0.717) is 13.2 Å². The van der Waals surface area contributed by atoms with E-state index in [-0.39, 0.29) is 12.5 Å². The number of hydrogen-bond acceptors (Lipinski definition) is 3. The van der Waals surface area contributed by atoms with E-state index >= 15 is 0 Å². The largest absolute Gasteiger partial charge is 0.493 e. The van der Waals surface area contributed by atoms with Gasteiger partial charge in [0.2, 0.25) is 0 Å². The summed E-state index contributed by atoms with van der Waals surface area (Å²) in [5.41, 5.74) is 0. The number of ether oxygens (including phenoxy) is 2. The first-order chi connectivity index (χ1) is 6.86. The number of methoxy groups -OCH3 is 1. The van der Waals surface area contributed by atoms with E-state index in [1.54, 1.807) is 19.2 Å². The van der Waals surface area contributed by atoms with E-state index in [2.05, 4.69) is 6.07 Å². The van der Waals surface area contributed by atoms with Crippen molar-refractivity contribution in [3.63, 3.8) is 0 Å². The van der Waals surface area contributed by atoms with Gasteiger partial charge in [-0.3, -0.25) is 0 Å². The fraction of sp³-hybridized carbons (Fsp3) is 0.455. The SMILES string of the molecule is COCC(CO)COc1cc[c]cc1. The van der Waals surface area contributed by atoms with Crippen molar-refractivity contribution in [1.82, 2.24) is 0 Å². The Morgan fingerprint density at radius 3 is 2.64 bits per heavy atom. The molecule has 0 bridgehead atoms. The molecule has 1 aromatic carbocycles. The van der Waals surface area contributed by atoms with Gasteiger partial charge in [0.15, 0.2) is 0 Å². The first-order valence-corrected chi connectivity index (χ1v) is 4.55. The lowest BCUT2D eigenvalue weighted by molar-refractivity contribution is 0.0781. The molecule has 77 valence electrons. The minimum atomic E-state index is 0.0317. The molecule has 0 spiro atoms. The molecule has 1 radical (unpaired) electrons. The lowest BCUT2D eigenvalue weighted by Crippen LogP contribution is -2.20. The summed E-state index contributed by atoms with van der Waals surface area (Å²) in [6.07, 6.45) is 0. The monoisotopic (exact) mass is 195 g/mol. The lowest BCUT2D eigenvalue weighted by Gasteiger charge is -2.13. The van der Waals surface area contributed by atoms with E-state index in [0.717, 1.165) is 5.75 Å². The second-order valence-electron chi connectivity index (χ2n) is 3.05. The Hall–Kier alpha value is -1.06. The topological polar surface area (TPSA) is 38.7 Å². The molecule has 1 N–H and O–H groups in total. The molecular formula is C11H15O3. The minimum Gasteiger partial charge on any atom is -0.493 e. The lowest BCUT2D eigenvalue weighted by atomic mass is 10.2. The average Bonchev–Trinajstić information content (AvgIpc) is 2.25. The molecule has 0 aliphatic heterocycles. The predicted octanol–water partition coefficient (Wildman–Crippen LogP) is 1.12. The summed E-state index contributed by atoms with van der Waals surface area (Å²) in [5, 5.41) is 8.97. The van der Waals surface area contributed by atoms with Crippen LogP contribution in [0.25, 0.3) is 0 Å². The van der Waals surface area contributed by atoms with Crippen molar-refractivity contribution in [2.24, 2.45) is 5.92 Å². The number of aliphatic hydroxyl groups is 1. The maximum absolute atomic E-state index is 8.97. The van der Waals surface area contributed by atoms with Crippen LogP contribution in [0.4, 0.5) is 0 Å². The minimum absolute atomic E-state index is 0.0317. The normalized spacial score (nSPS) is 12.4. The molecule has 0 saturated heterocycles. The molecule has 0 aliphatic carbocycles. The van der Waals surface area contributed by atoms with Crippen LogP contribution >= 0.6 is 0 Å². The first kappa shape index (κ1) is 11.0. The van der Waals surface area contributed by atoms with Crippen molar-refractivity contribution in [3.8, 4) is 5.75 Å². The van der Waals surface area contributed by atoms with E-state index < -0.39 is 0 Å². The Labute approximate surface area is 84.3 Å². The fourth-order valence-electron chi connectivity index (χ4n) is 1.07. The maximum atomic E-state index is 8.97. The summed E-state index contributed by atoms with van der Waals surface area (Å²) in [6, 6.07) is 10.2. The quantitative estimate of drug-likeness (QED) is 0.739. The van der Waals surface area contributed by atoms with E-state index in [1.807, 2.05) is 12.1 Å². The van der Waals surface area contributed by atoms with Crippen LogP contribution in [0.1, 0.15) is 0 Å².